The van der Waals surface area contributed by atoms with Gasteiger partial charge < -0.3 is 5.32 Å². The average Bonchev–Trinajstić information content (AvgIpc) is 2.48. The van der Waals surface area contributed by atoms with E-state index >= 15 is 0 Å². The summed E-state index contributed by atoms with van der Waals surface area (Å²) in [7, 11) is 0. The van der Waals surface area contributed by atoms with E-state index in [9.17, 15) is 9.18 Å². The molecule has 3 N–H and O–H groups in total. The Kier molecular flexibility index (Phi) is 4.85. The van der Waals surface area contributed by atoms with Crippen LogP contribution in [0.3, 0.4) is 0 Å². The summed E-state index contributed by atoms with van der Waals surface area (Å²) >= 11 is 11.0. The first-order valence-corrected chi connectivity index (χ1v) is 6.68. The minimum absolute atomic E-state index is 0.0217. The third-order valence-electron chi connectivity index (χ3n) is 2.64. The number of nitrogens with two attached hydrogens (primary N) is 1. The van der Waals surface area contributed by atoms with Crippen LogP contribution in [0.1, 0.15) is 10.4 Å². The van der Waals surface area contributed by atoms with E-state index in [1.807, 2.05) is 0 Å². The van der Waals surface area contributed by atoms with Crippen molar-refractivity contribution in [3.8, 4) is 0 Å². The first kappa shape index (κ1) is 15.4. The van der Waals surface area contributed by atoms with E-state index in [0.29, 0.717) is 5.69 Å². The molecule has 21 heavy (non-hydrogen) atoms. The molecule has 0 aliphatic carbocycles. The van der Waals surface area contributed by atoms with Crippen molar-refractivity contribution >= 4 is 40.5 Å². The van der Waals surface area contributed by atoms with Gasteiger partial charge in [-0.05, 0) is 48.6 Å². The van der Waals surface area contributed by atoms with Crippen LogP contribution in [0, 0.1) is 5.82 Å². The Balaban J connectivity index is 2.10. The van der Waals surface area contributed by atoms with Crippen molar-refractivity contribution < 1.29 is 9.18 Å². The summed E-state index contributed by atoms with van der Waals surface area (Å²) in [6.07, 6.45) is 0. The van der Waals surface area contributed by atoms with Gasteiger partial charge in [0, 0.05) is 5.69 Å². The molecule has 0 aliphatic rings. The SMILES string of the molecule is NN(C(=O)c1ccccc1Cl)C(=S)Nc1ccc(F)cc1. The molecule has 7 heteroatoms. The number of rotatable bonds is 2. The molecule has 108 valence electrons. The Morgan fingerprint density at radius 1 is 1.19 bits per heavy atom. The smallest absolute Gasteiger partial charge is 0.275 e. The topological polar surface area (TPSA) is 58.4 Å². The summed E-state index contributed by atoms with van der Waals surface area (Å²) in [6, 6.07) is 12.0. The fourth-order valence-electron chi connectivity index (χ4n) is 1.57. The quantitative estimate of drug-likeness (QED) is 0.386. The lowest BCUT2D eigenvalue weighted by molar-refractivity contribution is 0.0849. The van der Waals surface area contributed by atoms with Crippen LogP contribution in [0.5, 0.6) is 0 Å². The highest BCUT2D eigenvalue weighted by Gasteiger charge is 2.18. The van der Waals surface area contributed by atoms with Gasteiger partial charge in [-0.15, -0.1) is 0 Å². The molecule has 0 bridgehead atoms. The molecule has 0 unspecified atom stereocenters. The zero-order chi connectivity index (χ0) is 15.4. The van der Waals surface area contributed by atoms with Gasteiger partial charge in [0.05, 0.1) is 10.6 Å². The number of hydrogen-bond acceptors (Lipinski definition) is 3. The van der Waals surface area contributed by atoms with E-state index in [4.69, 9.17) is 29.7 Å². The van der Waals surface area contributed by atoms with Gasteiger partial charge in [0.2, 0.25) is 0 Å². The molecular weight excluding hydrogens is 313 g/mol. The zero-order valence-electron chi connectivity index (χ0n) is 10.7. The van der Waals surface area contributed by atoms with Gasteiger partial charge in [-0.1, -0.05) is 23.7 Å². The Morgan fingerprint density at radius 2 is 1.81 bits per heavy atom. The van der Waals surface area contributed by atoms with Crippen LogP contribution in [0.4, 0.5) is 10.1 Å². The van der Waals surface area contributed by atoms with Gasteiger partial charge >= 0.3 is 0 Å². The predicted molar refractivity (Wildman–Crippen MR) is 84.4 cm³/mol. The van der Waals surface area contributed by atoms with Gasteiger partial charge in [0.15, 0.2) is 5.11 Å². The molecule has 0 saturated heterocycles. The molecule has 0 atom stereocenters. The monoisotopic (exact) mass is 323 g/mol. The first-order chi connectivity index (χ1) is 9.99. The summed E-state index contributed by atoms with van der Waals surface area (Å²) in [6.45, 7) is 0. The summed E-state index contributed by atoms with van der Waals surface area (Å²) in [4.78, 5) is 12.2. The Bertz CT molecular complexity index is 678. The number of benzene rings is 2. The molecule has 2 aromatic rings. The van der Waals surface area contributed by atoms with Gasteiger partial charge in [-0.25, -0.2) is 15.2 Å². The lowest BCUT2D eigenvalue weighted by atomic mass is 10.2. The molecular formula is C14H11ClFN3OS. The lowest BCUT2D eigenvalue weighted by Crippen LogP contribution is -2.45. The van der Waals surface area contributed by atoms with E-state index in [-0.39, 0.29) is 21.5 Å². The van der Waals surface area contributed by atoms with Crippen LogP contribution in [0.25, 0.3) is 0 Å². The standard InChI is InChI=1S/C14H11ClFN3OS/c15-12-4-2-1-3-11(12)13(20)19(17)14(21)18-10-7-5-9(16)6-8-10/h1-8H,17H2,(H,18,21). The largest absolute Gasteiger partial charge is 0.331 e. The van der Waals surface area contributed by atoms with Crippen molar-refractivity contribution in [1.29, 1.82) is 0 Å². The second kappa shape index (κ2) is 6.62. The lowest BCUT2D eigenvalue weighted by Gasteiger charge is -2.19. The highest BCUT2D eigenvalue weighted by Crippen LogP contribution is 2.17. The maximum absolute atomic E-state index is 12.8. The molecule has 0 aromatic heterocycles. The number of thiocarbonyl (C=S) groups is 1. The molecule has 0 aliphatic heterocycles. The number of nitrogens with zero attached hydrogens (tertiary/aromatic N) is 1. The van der Waals surface area contributed by atoms with E-state index in [1.165, 1.54) is 24.3 Å². The van der Waals surface area contributed by atoms with E-state index in [1.54, 1.807) is 24.3 Å². The van der Waals surface area contributed by atoms with Crippen LogP contribution in [-0.2, 0) is 0 Å². The number of hydrazine groups is 1. The Hall–Kier alpha value is -2.02. The number of halogens is 2. The van der Waals surface area contributed by atoms with Crippen LogP contribution < -0.4 is 11.2 Å². The fourth-order valence-corrected chi connectivity index (χ4v) is 1.99. The minimum Gasteiger partial charge on any atom is -0.331 e. The number of nitrogens with one attached hydrogen (secondary N) is 1. The molecule has 0 heterocycles. The summed E-state index contributed by atoms with van der Waals surface area (Å²) < 4.78 is 12.8. The molecule has 2 aromatic carbocycles. The number of amides is 1. The summed E-state index contributed by atoms with van der Waals surface area (Å²) in [5.41, 5.74) is 0.758. The zero-order valence-corrected chi connectivity index (χ0v) is 12.3. The Morgan fingerprint density at radius 3 is 2.43 bits per heavy atom. The minimum atomic E-state index is -0.541. The van der Waals surface area contributed by atoms with Gasteiger partial charge in [0.25, 0.3) is 5.91 Å². The van der Waals surface area contributed by atoms with Crippen molar-refractivity contribution in [3.05, 3.63) is 64.9 Å². The van der Waals surface area contributed by atoms with Crippen LogP contribution >= 0.6 is 23.8 Å². The van der Waals surface area contributed by atoms with Crippen molar-refractivity contribution in [2.24, 2.45) is 5.84 Å². The molecule has 0 spiro atoms. The third kappa shape index (κ3) is 3.75. The number of carbonyl (C=O) groups is 1. The van der Waals surface area contributed by atoms with Crippen LogP contribution in [0.15, 0.2) is 48.5 Å². The number of anilines is 1. The normalized spacial score (nSPS) is 10.0. The second-order valence-electron chi connectivity index (χ2n) is 4.09. The molecule has 0 fully saturated rings. The third-order valence-corrected chi connectivity index (χ3v) is 3.27. The van der Waals surface area contributed by atoms with Crippen LogP contribution in [0.2, 0.25) is 5.02 Å². The van der Waals surface area contributed by atoms with Crippen molar-refractivity contribution in [2.45, 2.75) is 0 Å². The number of carbonyl (C=O) groups excluding carboxylic acids is 1. The first-order valence-electron chi connectivity index (χ1n) is 5.89. The molecule has 4 nitrogen and oxygen atoms in total. The maximum Gasteiger partial charge on any atom is 0.275 e. The number of hydrogen-bond donors (Lipinski definition) is 2. The maximum atomic E-state index is 12.8. The summed E-state index contributed by atoms with van der Waals surface area (Å²) in [5.74, 6) is 4.77. The highest BCUT2D eigenvalue weighted by atomic mass is 35.5. The van der Waals surface area contributed by atoms with Gasteiger partial charge in [-0.2, -0.15) is 0 Å². The van der Waals surface area contributed by atoms with Crippen LogP contribution in [-0.4, -0.2) is 16.0 Å². The van der Waals surface area contributed by atoms with Gasteiger partial charge in [0.1, 0.15) is 5.82 Å². The Labute approximate surface area is 131 Å². The van der Waals surface area contributed by atoms with E-state index in [2.05, 4.69) is 5.32 Å². The molecule has 2 rings (SSSR count). The molecule has 1 amide bonds. The molecule has 0 radical (unpaired) electrons. The van der Waals surface area contributed by atoms with Crippen molar-refractivity contribution in [2.75, 3.05) is 5.32 Å². The molecule has 0 saturated carbocycles. The van der Waals surface area contributed by atoms with E-state index < -0.39 is 5.91 Å². The van der Waals surface area contributed by atoms with E-state index in [0.717, 1.165) is 5.01 Å². The fraction of sp³-hybridized carbons (Fsp3) is 0. The average molecular weight is 324 g/mol. The second-order valence-corrected chi connectivity index (χ2v) is 4.89. The summed E-state index contributed by atoms with van der Waals surface area (Å²) in [5, 5.41) is 3.78. The van der Waals surface area contributed by atoms with Crippen molar-refractivity contribution in [1.82, 2.24) is 5.01 Å². The highest BCUT2D eigenvalue weighted by molar-refractivity contribution is 7.80. The van der Waals surface area contributed by atoms with Gasteiger partial charge in [-0.3, -0.25) is 4.79 Å². The van der Waals surface area contributed by atoms with Crippen molar-refractivity contribution in [3.63, 3.8) is 0 Å². The predicted octanol–water partition coefficient (Wildman–Crippen LogP) is 3.19.